The highest BCUT2D eigenvalue weighted by molar-refractivity contribution is 6.09. The van der Waals surface area contributed by atoms with Crippen molar-refractivity contribution in [3.05, 3.63) is 29.8 Å². The summed E-state index contributed by atoms with van der Waals surface area (Å²) < 4.78 is 5.33. The minimum atomic E-state index is -0.362. The maximum absolute atomic E-state index is 13.1. The van der Waals surface area contributed by atoms with Crippen molar-refractivity contribution in [2.24, 2.45) is 11.3 Å². The minimum Gasteiger partial charge on any atom is -0.449 e. The average molecular weight is 331 g/mol. The lowest BCUT2D eigenvalue weighted by Gasteiger charge is -2.47. The highest BCUT2D eigenvalue weighted by atomic mass is 16.6. The van der Waals surface area contributed by atoms with Gasteiger partial charge in [-0.3, -0.25) is 9.69 Å². The fraction of sp³-hybridized carbons (Fsp3) is 0.600. The number of fused-ring (bicyclic) bond motifs is 1. The molecule has 0 radical (unpaired) electrons. The second-order valence-electron chi connectivity index (χ2n) is 7.51. The van der Waals surface area contributed by atoms with E-state index in [0.29, 0.717) is 17.9 Å². The Balaban J connectivity index is 2.59. The predicted octanol–water partition coefficient (Wildman–Crippen LogP) is 5.07. The molecular weight excluding hydrogens is 302 g/mol. The van der Waals surface area contributed by atoms with Crippen LogP contribution < -0.4 is 4.90 Å². The number of anilines is 1. The Morgan fingerprint density at radius 3 is 2.46 bits per heavy atom. The number of para-hydroxylation sites is 1. The van der Waals surface area contributed by atoms with Gasteiger partial charge in [0, 0.05) is 11.5 Å². The van der Waals surface area contributed by atoms with Gasteiger partial charge in [-0.1, -0.05) is 52.7 Å². The number of rotatable bonds is 4. The molecule has 0 aliphatic carbocycles. The molecule has 0 unspecified atom stereocenters. The molecule has 24 heavy (non-hydrogen) atoms. The first kappa shape index (κ1) is 18.5. The van der Waals surface area contributed by atoms with E-state index in [2.05, 4.69) is 27.7 Å². The summed E-state index contributed by atoms with van der Waals surface area (Å²) in [7, 11) is 0. The van der Waals surface area contributed by atoms with Gasteiger partial charge in [0.25, 0.3) is 0 Å². The quantitative estimate of drug-likeness (QED) is 0.774. The van der Waals surface area contributed by atoms with Gasteiger partial charge in [-0.15, -0.1) is 0 Å². The smallest absolute Gasteiger partial charge is 0.414 e. The van der Waals surface area contributed by atoms with Crippen LogP contribution in [0, 0.1) is 11.3 Å². The molecule has 0 saturated heterocycles. The number of ether oxygens (including phenoxy) is 1. The molecular formula is C20H29NO3. The van der Waals surface area contributed by atoms with Gasteiger partial charge >= 0.3 is 6.09 Å². The van der Waals surface area contributed by atoms with Crippen molar-refractivity contribution in [1.82, 2.24) is 0 Å². The van der Waals surface area contributed by atoms with E-state index in [4.69, 9.17) is 4.74 Å². The number of unbranched alkanes of at least 4 members (excludes halogenated alkanes) is 1. The SMILES string of the molecule is CCCC[C@@H]1C(=O)c2ccccc2N(C(=O)OCC)[C@H]1C(C)(C)C. The number of hydrogen-bond acceptors (Lipinski definition) is 3. The third-order valence-electron chi connectivity index (χ3n) is 4.65. The van der Waals surface area contributed by atoms with E-state index in [1.165, 1.54) is 0 Å². The fourth-order valence-electron chi connectivity index (χ4n) is 3.67. The summed E-state index contributed by atoms with van der Waals surface area (Å²) in [6, 6.07) is 7.19. The van der Waals surface area contributed by atoms with Gasteiger partial charge in [-0.25, -0.2) is 4.79 Å². The van der Waals surface area contributed by atoms with Crippen LogP contribution in [0.2, 0.25) is 0 Å². The van der Waals surface area contributed by atoms with Crippen LogP contribution in [0.1, 0.15) is 64.2 Å². The summed E-state index contributed by atoms with van der Waals surface area (Å²) >= 11 is 0. The Labute approximate surface area is 145 Å². The summed E-state index contributed by atoms with van der Waals surface area (Å²) in [6.45, 7) is 10.5. The van der Waals surface area contributed by atoms with Crippen molar-refractivity contribution in [3.63, 3.8) is 0 Å². The largest absolute Gasteiger partial charge is 0.449 e. The standard InChI is InChI=1S/C20H29NO3/c1-6-8-11-15-17(22)14-12-9-10-13-16(14)21(19(23)24-7-2)18(15)20(3,4)5/h9-10,12-13,15,18H,6-8,11H2,1-5H3/t15-,18-/m1/s1. The van der Waals surface area contributed by atoms with Crippen LogP contribution in [-0.4, -0.2) is 24.5 Å². The van der Waals surface area contributed by atoms with Gasteiger partial charge in [0.1, 0.15) is 0 Å². The highest BCUT2D eigenvalue weighted by Gasteiger charge is 2.48. The molecule has 0 bridgehead atoms. The normalized spacial score (nSPS) is 20.7. The molecule has 4 heteroatoms. The van der Waals surface area contributed by atoms with Gasteiger partial charge in [-0.2, -0.15) is 0 Å². The van der Waals surface area contributed by atoms with Crippen LogP contribution in [0.5, 0.6) is 0 Å². The molecule has 0 saturated carbocycles. The third-order valence-corrected chi connectivity index (χ3v) is 4.65. The zero-order valence-electron chi connectivity index (χ0n) is 15.5. The molecule has 1 heterocycles. The van der Waals surface area contributed by atoms with Crippen LogP contribution in [-0.2, 0) is 4.74 Å². The van der Waals surface area contributed by atoms with E-state index in [9.17, 15) is 9.59 Å². The van der Waals surface area contributed by atoms with E-state index in [-0.39, 0.29) is 29.3 Å². The lowest BCUT2D eigenvalue weighted by Crippen LogP contribution is -2.57. The number of benzene rings is 1. The van der Waals surface area contributed by atoms with Crippen molar-refractivity contribution in [2.75, 3.05) is 11.5 Å². The summed E-state index contributed by atoms with van der Waals surface area (Å²) in [4.78, 5) is 27.6. The number of carbonyl (C=O) groups excluding carboxylic acids is 2. The Morgan fingerprint density at radius 1 is 1.21 bits per heavy atom. The van der Waals surface area contributed by atoms with Crippen molar-refractivity contribution < 1.29 is 14.3 Å². The molecule has 1 amide bonds. The molecule has 1 aliphatic rings. The maximum Gasteiger partial charge on any atom is 0.414 e. The van der Waals surface area contributed by atoms with E-state index in [1.807, 2.05) is 24.3 Å². The summed E-state index contributed by atoms with van der Waals surface area (Å²) in [5.41, 5.74) is 1.08. The van der Waals surface area contributed by atoms with Crippen LogP contribution in [0.15, 0.2) is 24.3 Å². The summed E-state index contributed by atoms with van der Waals surface area (Å²) in [6.07, 6.45) is 2.43. The molecule has 1 aromatic carbocycles. The fourth-order valence-corrected chi connectivity index (χ4v) is 3.67. The van der Waals surface area contributed by atoms with Crippen LogP contribution in [0.4, 0.5) is 10.5 Å². The first-order valence-electron chi connectivity index (χ1n) is 8.92. The molecule has 0 fully saturated rings. The van der Waals surface area contributed by atoms with Crippen LogP contribution in [0.25, 0.3) is 0 Å². The monoisotopic (exact) mass is 331 g/mol. The van der Waals surface area contributed by atoms with E-state index in [1.54, 1.807) is 11.8 Å². The molecule has 132 valence electrons. The average Bonchev–Trinajstić information content (AvgIpc) is 2.53. The highest BCUT2D eigenvalue weighted by Crippen LogP contribution is 2.43. The number of hydrogen-bond donors (Lipinski definition) is 0. The van der Waals surface area contributed by atoms with E-state index >= 15 is 0 Å². The second-order valence-corrected chi connectivity index (χ2v) is 7.51. The molecule has 2 rings (SSSR count). The van der Waals surface area contributed by atoms with Gasteiger partial charge in [0.05, 0.1) is 18.3 Å². The minimum absolute atomic E-state index is 0.152. The van der Waals surface area contributed by atoms with E-state index < -0.39 is 0 Å². The van der Waals surface area contributed by atoms with Gasteiger partial charge in [-0.05, 0) is 30.9 Å². The second kappa shape index (κ2) is 7.37. The number of amides is 1. The Hall–Kier alpha value is -1.84. The van der Waals surface area contributed by atoms with Crippen molar-refractivity contribution in [1.29, 1.82) is 0 Å². The van der Waals surface area contributed by atoms with Crippen LogP contribution >= 0.6 is 0 Å². The molecule has 2 atom stereocenters. The Bertz CT molecular complexity index is 603. The van der Waals surface area contributed by atoms with Gasteiger partial charge in [0.15, 0.2) is 5.78 Å². The molecule has 0 spiro atoms. The summed E-state index contributed by atoms with van der Waals surface area (Å²) in [5.74, 6) is -0.0382. The van der Waals surface area contributed by atoms with Crippen molar-refractivity contribution in [3.8, 4) is 0 Å². The van der Waals surface area contributed by atoms with Crippen molar-refractivity contribution >= 4 is 17.6 Å². The Kier molecular flexibility index (Phi) is 5.68. The zero-order chi connectivity index (χ0) is 17.9. The number of ketones is 1. The number of carbonyl (C=O) groups is 2. The lowest BCUT2D eigenvalue weighted by molar-refractivity contribution is 0.0801. The van der Waals surface area contributed by atoms with E-state index in [0.717, 1.165) is 19.3 Å². The predicted molar refractivity (Wildman–Crippen MR) is 96.5 cm³/mol. The topological polar surface area (TPSA) is 46.6 Å². The molecule has 1 aliphatic heterocycles. The molecule has 4 nitrogen and oxygen atoms in total. The molecule has 0 N–H and O–H groups in total. The maximum atomic E-state index is 13.1. The van der Waals surface area contributed by atoms with Crippen molar-refractivity contribution in [2.45, 2.75) is 59.9 Å². The zero-order valence-corrected chi connectivity index (χ0v) is 15.5. The first-order chi connectivity index (χ1) is 11.3. The number of nitrogens with zero attached hydrogens (tertiary/aromatic N) is 1. The lowest BCUT2D eigenvalue weighted by atomic mass is 9.70. The summed E-state index contributed by atoms with van der Waals surface area (Å²) in [5, 5.41) is 0. The Morgan fingerprint density at radius 2 is 1.88 bits per heavy atom. The third kappa shape index (κ3) is 3.47. The first-order valence-corrected chi connectivity index (χ1v) is 8.92. The van der Waals surface area contributed by atoms with Crippen LogP contribution in [0.3, 0.4) is 0 Å². The van der Waals surface area contributed by atoms with Gasteiger partial charge < -0.3 is 4.74 Å². The molecule has 1 aromatic rings. The molecule has 0 aromatic heterocycles. The number of Topliss-reactive ketones (excluding diaryl/α,β-unsaturated/α-hetero) is 1. The van der Waals surface area contributed by atoms with Gasteiger partial charge in [0.2, 0.25) is 0 Å².